The highest BCUT2D eigenvalue weighted by Gasteiger charge is 2.31. The average Bonchev–Trinajstić information content (AvgIpc) is 2.20. The van der Waals surface area contributed by atoms with E-state index in [1.165, 1.54) is 6.42 Å². The molecule has 14 heavy (non-hydrogen) atoms. The third-order valence-electron chi connectivity index (χ3n) is 3.69. The van der Waals surface area contributed by atoms with Crippen LogP contribution >= 0.6 is 0 Å². The van der Waals surface area contributed by atoms with Crippen molar-refractivity contribution >= 4 is 0 Å². The Morgan fingerprint density at radius 2 is 1.64 bits per heavy atom. The van der Waals surface area contributed by atoms with Crippen molar-refractivity contribution in [2.24, 2.45) is 5.73 Å². The molecule has 2 N–H and O–H groups in total. The zero-order valence-electron chi connectivity index (χ0n) is 8.79. The minimum Gasteiger partial charge on any atom is -0.328 e. The van der Waals surface area contributed by atoms with Gasteiger partial charge in [0.2, 0.25) is 0 Å². The minimum atomic E-state index is -0.585. The van der Waals surface area contributed by atoms with Crippen LogP contribution in [0.5, 0.6) is 0 Å². The van der Waals surface area contributed by atoms with Gasteiger partial charge in [0.05, 0.1) is 0 Å². The van der Waals surface area contributed by atoms with Gasteiger partial charge >= 0.3 is 0 Å². The molecule has 0 unspecified atom stereocenters. The fraction of sp³-hybridized carbons (Fsp3) is 1.00. The fourth-order valence-electron chi connectivity index (χ4n) is 2.73. The normalized spacial score (nSPS) is 37.3. The molecule has 1 saturated carbocycles. The second-order valence-electron chi connectivity index (χ2n) is 4.74. The Balaban J connectivity index is 1.87. The van der Waals surface area contributed by atoms with E-state index in [-0.39, 0.29) is 6.04 Å². The van der Waals surface area contributed by atoms with E-state index in [1.807, 2.05) is 0 Å². The van der Waals surface area contributed by atoms with Crippen LogP contribution in [0.4, 0.5) is 4.39 Å². The maximum Gasteiger partial charge on any atom is 0.116 e. The Kier molecular flexibility index (Phi) is 3.39. The lowest BCUT2D eigenvalue weighted by molar-refractivity contribution is 0.0576. The molecule has 2 rings (SSSR count). The molecule has 2 atom stereocenters. The second-order valence-corrected chi connectivity index (χ2v) is 4.74. The van der Waals surface area contributed by atoms with E-state index in [0.29, 0.717) is 6.04 Å². The number of likely N-dealkylation sites (tertiary alicyclic amines) is 1. The van der Waals surface area contributed by atoms with Crippen LogP contribution in [0.1, 0.15) is 38.5 Å². The number of halogens is 1. The van der Waals surface area contributed by atoms with Crippen molar-refractivity contribution in [1.29, 1.82) is 0 Å². The Morgan fingerprint density at radius 1 is 1.00 bits per heavy atom. The van der Waals surface area contributed by atoms with Crippen LogP contribution in [0, 0.1) is 0 Å². The highest BCUT2D eigenvalue weighted by Crippen LogP contribution is 2.27. The van der Waals surface area contributed by atoms with Crippen molar-refractivity contribution in [2.75, 3.05) is 13.1 Å². The molecule has 0 aromatic rings. The van der Waals surface area contributed by atoms with Crippen molar-refractivity contribution in [3.63, 3.8) is 0 Å². The Labute approximate surface area is 85.6 Å². The zero-order chi connectivity index (χ0) is 9.97. The quantitative estimate of drug-likeness (QED) is 0.698. The number of piperidine rings is 1. The predicted octanol–water partition coefficient (Wildman–Crippen LogP) is 1.69. The zero-order valence-corrected chi connectivity index (χ0v) is 8.79. The lowest BCUT2D eigenvalue weighted by Gasteiger charge is -2.40. The number of hydrogen-bond donors (Lipinski definition) is 1. The van der Waals surface area contributed by atoms with Gasteiger partial charge in [0, 0.05) is 25.2 Å². The summed E-state index contributed by atoms with van der Waals surface area (Å²) in [6.07, 6.45) is 5.60. The maximum atomic E-state index is 13.7. The summed E-state index contributed by atoms with van der Waals surface area (Å²) in [7, 11) is 0. The molecule has 1 saturated heterocycles. The summed E-state index contributed by atoms with van der Waals surface area (Å²) in [6, 6.07) is 0.559. The van der Waals surface area contributed by atoms with Gasteiger partial charge < -0.3 is 5.73 Å². The van der Waals surface area contributed by atoms with Gasteiger partial charge in [-0.05, 0) is 25.7 Å². The van der Waals surface area contributed by atoms with E-state index >= 15 is 0 Å². The molecule has 0 amide bonds. The van der Waals surface area contributed by atoms with Gasteiger partial charge in [-0.1, -0.05) is 12.8 Å². The SMILES string of the molecule is NC1CCN([C@H]2CCCC[C@@H]2F)CC1. The summed E-state index contributed by atoms with van der Waals surface area (Å²) < 4.78 is 13.7. The van der Waals surface area contributed by atoms with Crippen LogP contribution in [0.15, 0.2) is 0 Å². The summed E-state index contributed by atoms with van der Waals surface area (Å²) in [5, 5.41) is 0. The lowest BCUT2D eigenvalue weighted by Crippen LogP contribution is -2.49. The molecule has 82 valence electrons. The number of nitrogens with zero attached hydrogens (tertiary/aromatic N) is 1. The predicted molar refractivity (Wildman–Crippen MR) is 55.9 cm³/mol. The molecule has 3 heteroatoms. The Hall–Kier alpha value is -0.150. The molecule has 0 radical (unpaired) electrons. The van der Waals surface area contributed by atoms with Crippen LogP contribution in [-0.2, 0) is 0 Å². The first-order valence-electron chi connectivity index (χ1n) is 5.91. The van der Waals surface area contributed by atoms with Gasteiger partial charge in [-0.2, -0.15) is 0 Å². The third kappa shape index (κ3) is 2.26. The molecule has 1 heterocycles. The topological polar surface area (TPSA) is 29.3 Å². The fourth-order valence-corrected chi connectivity index (χ4v) is 2.73. The minimum absolute atomic E-state index is 0.205. The molecule has 1 aliphatic carbocycles. The van der Waals surface area contributed by atoms with Gasteiger partial charge in [0.15, 0.2) is 0 Å². The van der Waals surface area contributed by atoms with E-state index in [2.05, 4.69) is 4.90 Å². The van der Waals surface area contributed by atoms with E-state index in [9.17, 15) is 4.39 Å². The van der Waals surface area contributed by atoms with Crippen LogP contribution in [0.25, 0.3) is 0 Å². The van der Waals surface area contributed by atoms with Crippen molar-refractivity contribution in [3.05, 3.63) is 0 Å². The second kappa shape index (κ2) is 4.58. The van der Waals surface area contributed by atoms with Gasteiger partial charge in [-0.15, -0.1) is 0 Å². The van der Waals surface area contributed by atoms with Crippen LogP contribution in [0.3, 0.4) is 0 Å². The summed E-state index contributed by atoms with van der Waals surface area (Å²) >= 11 is 0. The summed E-state index contributed by atoms with van der Waals surface area (Å²) in [6.45, 7) is 2.01. The van der Waals surface area contributed by atoms with Crippen molar-refractivity contribution in [1.82, 2.24) is 4.90 Å². The standard InChI is InChI=1S/C11H21FN2/c12-10-3-1-2-4-11(10)14-7-5-9(13)6-8-14/h9-11H,1-8,13H2/t10-,11-/m0/s1. The first kappa shape index (κ1) is 10.4. The Bertz CT molecular complexity index is 178. The van der Waals surface area contributed by atoms with Gasteiger partial charge in [-0.25, -0.2) is 4.39 Å². The molecule has 2 aliphatic rings. The molecule has 0 aromatic heterocycles. The van der Waals surface area contributed by atoms with Crippen LogP contribution in [0.2, 0.25) is 0 Å². The Morgan fingerprint density at radius 3 is 2.29 bits per heavy atom. The van der Waals surface area contributed by atoms with Crippen molar-refractivity contribution in [3.8, 4) is 0 Å². The first-order valence-corrected chi connectivity index (χ1v) is 5.91. The highest BCUT2D eigenvalue weighted by molar-refractivity contribution is 4.86. The highest BCUT2D eigenvalue weighted by atomic mass is 19.1. The molecule has 2 nitrogen and oxygen atoms in total. The number of nitrogens with two attached hydrogens (primary N) is 1. The van der Waals surface area contributed by atoms with E-state index in [4.69, 9.17) is 5.73 Å². The van der Waals surface area contributed by atoms with Crippen LogP contribution < -0.4 is 5.73 Å². The number of alkyl halides is 1. The summed E-state index contributed by atoms with van der Waals surface area (Å²) in [5.41, 5.74) is 5.84. The molecular formula is C11H21FN2. The lowest BCUT2D eigenvalue weighted by atomic mass is 9.90. The molecule has 0 bridgehead atoms. The largest absolute Gasteiger partial charge is 0.328 e. The van der Waals surface area contributed by atoms with Crippen molar-refractivity contribution in [2.45, 2.75) is 56.8 Å². The van der Waals surface area contributed by atoms with E-state index in [0.717, 1.165) is 45.2 Å². The molecule has 1 aliphatic heterocycles. The van der Waals surface area contributed by atoms with E-state index < -0.39 is 6.17 Å². The molecule has 2 fully saturated rings. The summed E-state index contributed by atoms with van der Waals surface area (Å²) in [4.78, 5) is 2.33. The van der Waals surface area contributed by atoms with Gasteiger partial charge in [0.25, 0.3) is 0 Å². The maximum absolute atomic E-state index is 13.7. The first-order chi connectivity index (χ1) is 6.77. The van der Waals surface area contributed by atoms with E-state index in [1.54, 1.807) is 0 Å². The summed E-state index contributed by atoms with van der Waals surface area (Å²) in [5.74, 6) is 0. The number of rotatable bonds is 1. The molecule has 0 aromatic carbocycles. The van der Waals surface area contributed by atoms with Gasteiger partial charge in [0.1, 0.15) is 6.17 Å². The molecular weight excluding hydrogens is 179 g/mol. The van der Waals surface area contributed by atoms with Crippen molar-refractivity contribution < 1.29 is 4.39 Å². The number of hydrogen-bond acceptors (Lipinski definition) is 2. The smallest absolute Gasteiger partial charge is 0.116 e. The third-order valence-corrected chi connectivity index (χ3v) is 3.69. The molecule has 0 spiro atoms. The average molecular weight is 200 g/mol. The monoisotopic (exact) mass is 200 g/mol. The van der Waals surface area contributed by atoms with Crippen LogP contribution in [-0.4, -0.2) is 36.2 Å². The van der Waals surface area contributed by atoms with Gasteiger partial charge in [-0.3, -0.25) is 4.90 Å².